The minimum atomic E-state index is -0.508. The van der Waals surface area contributed by atoms with Gasteiger partial charge in [-0.3, -0.25) is 14.9 Å². The standard InChI is InChI=1S/C14H18ClN3O3/c1-9-8-16-5-4-13(9)17-14(19)6-10-2-3-11(18(20)21)7-12(10)15/h2-3,7,9,13,16H,4-6,8H2,1H3,(H,17,19). The molecule has 114 valence electrons. The second kappa shape index (κ2) is 6.87. The third-order valence-electron chi connectivity index (χ3n) is 3.73. The maximum absolute atomic E-state index is 12.1. The number of piperidine rings is 1. The minimum absolute atomic E-state index is 0.0730. The molecule has 1 aromatic rings. The molecule has 7 heteroatoms. The lowest BCUT2D eigenvalue weighted by atomic mass is 9.95. The van der Waals surface area contributed by atoms with Crippen molar-refractivity contribution in [2.24, 2.45) is 5.92 Å². The van der Waals surface area contributed by atoms with Crippen LogP contribution in [0.15, 0.2) is 18.2 Å². The summed E-state index contributed by atoms with van der Waals surface area (Å²) in [5.74, 6) is 0.277. The molecule has 1 fully saturated rings. The van der Waals surface area contributed by atoms with Crippen LogP contribution in [0.5, 0.6) is 0 Å². The average molecular weight is 312 g/mol. The van der Waals surface area contributed by atoms with Crippen LogP contribution >= 0.6 is 11.6 Å². The third kappa shape index (κ3) is 4.15. The summed E-state index contributed by atoms with van der Waals surface area (Å²) in [6.07, 6.45) is 1.04. The van der Waals surface area contributed by atoms with Crippen LogP contribution in [0.1, 0.15) is 18.9 Å². The molecule has 0 aromatic heterocycles. The molecule has 2 atom stereocenters. The van der Waals surface area contributed by atoms with Gasteiger partial charge in [0.25, 0.3) is 5.69 Å². The van der Waals surface area contributed by atoms with E-state index in [-0.39, 0.29) is 29.1 Å². The smallest absolute Gasteiger partial charge is 0.270 e. The molecule has 2 unspecified atom stereocenters. The van der Waals surface area contributed by atoms with Crippen LogP contribution in [0.3, 0.4) is 0 Å². The lowest BCUT2D eigenvalue weighted by Gasteiger charge is -2.30. The van der Waals surface area contributed by atoms with Crippen molar-refractivity contribution in [3.05, 3.63) is 38.9 Å². The van der Waals surface area contributed by atoms with Crippen molar-refractivity contribution in [3.8, 4) is 0 Å². The number of carbonyl (C=O) groups is 1. The first-order chi connectivity index (χ1) is 9.97. The highest BCUT2D eigenvalue weighted by Gasteiger charge is 2.23. The van der Waals surface area contributed by atoms with Gasteiger partial charge in [0.15, 0.2) is 0 Å². The second-order valence-corrected chi connectivity index (χ2v) is 5.76. The predicted molar refractivity (Wildman–Crippen MR) is 80.4 cm³/mol. The van der Waals surface area contributed by atoms with Crippen molar-refractivity contribution < 1.29 is 9.72 Å². The Bertz CT molecular complexity index is 550. The Labute approximate surface area is 128 Å². The fourth-order valence-electron chi connectivity index (χ4n) is 2.45. The highest BCUT2D eigenvalue weighted by molar-refractivity contribution is 6.31. The van der Waals surface area contributed by atoms with Gasteiger partial charge in [0.2, 0.25) is 5.91 Å². The van der Waals surface area contributed by atoms with Gasteiger partial charge < -0.3 is 10.6 Å². The van der Waals surface area contributed by atoms with Crippen LogP contribution in [-0.2, 0) is 11.2 Å². The van der Waals surface area contributed by atoms with Gasteiger partial charge in [0.05, 0.1) is 16.4 Å². The van der Waals surface area contributed by atoms with Gasteiger partial charge >= 0.3 is 0 Å². The Hall–Kier alpha value is -1.66. The fraction of sp³-hybridized carbons (Fsp3) is 0.500. The minimum Gasteiger partial charge on any atom is -0.353 e. The Morgan fingerprint density at radius 2 is 2.33 bits per heavy atom. The predicted octanol–water partition coefficient (Wildman–Crippen LogP) is 1.90. The normalized spacial score (nSPS) is 21.8. The molecule has 21 heavy (non-hydrogen) atoms. The number of hydrogen-bond donors (Lipinski definition) is 2. The Kier molecular flexibility index (Phi) is 5.14. The summed E-state index contributed by atoms with van der Waals surface area (Å²) < 4.78 is 0. The van der Waals surface area contributed by atoms with Crippen molar-refractivity contribution in [2.75, 3.05) is 13.1 Å². The number of amides is 1. The van der Waals surface area contributed by atoms with E-state index < -0.39 is 4.92 Å². The Morgan fingerprint density at radius 1 is 1.57 bits per heavy atom. The zero-order valence-electron chi connectivity index (χ0n) is 11.8. The van der Waals surface area contributed by atoms with Gasteiger partial charge in [-0.2, -0.15) is 0 Å². The number of halogens is 1. The zero-order chi connectivity index (χ0) is 15.4. The second-order valence-electron chi connectivity index (χ2n) is 5.35. The van der Waals surface area contributed by atoms with Crippen LogP contribution in [0.2, 0.25) is 5.02 Å². The molecule has 0 saturated carbocycles. The molecule has 1 heterocycles. The first kappa shape index (κ1) is 15.7. The zero-order valence-corrected chi connectivity index (χ0v) is 12.5. The van der Waals surface area contributed by atoms with E-state index >= 15 is 0 Å². The third-order valence-corrected chi connectivity index (χ3v) is 4.08. The highest BCUT2D eigenvalue weighted by atomic mass is 35.5. The topological polar surface area (TPSA) is 84.3 Å². The molecule has 0 radical (unpaired) electrons. The lowest BCUT2D eigenvalue weighted by molar-refractivity contribution is -0.384. The Balaban J connectivity index is 1.97. The Morgan fingerprint density at radius 3 is 2.95 bits per heavy atom. The van der Waals surface area contributed by atoms with Crippen LogP contribution in [0, 0.1) is 16.0 Å². The van der Waals surface area contributed by atoms with Gasteiger partial charge in [-0.25, -0.2) is 0 Å². The number of nitro groups is 1. The lowest BCUT2D eigenvalue weighted by Crippen LogP contribution is -2.48. The number of non-ortho nitro benzene ring substituents is 1. The van der Waals surface area contributed by atoms with E-state index in [9.17, 15) is 14.9 Å². The first-order valence-electron chi connectivity index (χ1n) is 6.90. The van der Waals surface area contributed by atoms with E-state index in [0.29, 0.717) is 11.5 Å². The molecule has 1 aliphatic heterocycles. The highest BCUT2D eigenvalue weighted by Crippen LogP contribution is 2.23. The molecule has 1 saturated heterocycles. The summed E-state index contributed by atoms with van der Waals surface area (Å²) >= 11 is 5.99. The largest absolute Gasteiger partial charge is 0.353 e. The molecular formula is C14H18ClN3O3. The monoisotopic (exact) mass is 311 g/mol. The van der Waals surface area contributed by atoms with Gasteiger partial charge in [-0.05, 0) is 31.0 Å². The summed E-state index contributed by atoms with van der Waals surface area (Å²) in [5, 5.41) is 17.2. The van der Waals surface area contributed by atoms with Crippen molar-refractivity contribution in [3.63, 3.8) is 0 Å². The van der Waals surface area contributed by atoms with Crippen LogP contribution in [-0.4, -0.2) is 30.0 Å². The molecule has 0 aliphatic carbocycles. The van der Waals surface area contributed by atoms with Gasteiger partial charge in [0, 0.05) is 18.2 Å². The van der Waals surface area contributed by atoms with Crippen LogP contribution in [0.25, 0.3) is 0 Å². The fourth-order valence-corrected chi connectivity index (χ4v) is 2.69. The molecular weight excluding hydrogens is 294 g/mol. The summed E-state index contributed by atoms with van der Waals surface area (Å²) in [5.41, 5.74) is 0.525. The molecule has 1 amide bonds. The molecule has 1 aliphatic rings. The summed E-state index contributed by atoms with van der Waals surface area (Å²) in [7, 11) is 0. The number of benzene rings is 1. The molecule has 2 rings (SSSR count). The van der Waals surface area contributed by atoms with Crippen LogP contribution < -0.4 is 10.6 Å². The molecule has 2 N–H and O–H groups in total. The number of rotatable bonds is 4. The summed E-state index contributed by atoms with van der Waals surface area (Å²) in [6.45, 7) is 3.88. The van der Waals surface area contributed by atoms with Crippen molar-refractivity contribution in [1.82, 2.24) is 10.6 Å². The number of nitrogens with one attached hydrogen (secondary N) is 2. The first-order valence-corrected chi connectivity index (χ1v) is 7.28. The number of hydrogen-bond acceptors (Lipinski definition) is 4. The average Bonchev–Trinajstić information content (AvgIpc) is 2.43. The van der Waals surface area contributed by atoms with E-state index in [4.69, 9.17) is 11.6 Å². The molecule has 0 bridgehead atoms. The van der Waals surface area contributed by atoms with E-state index in [0.717, 1.165) is 19.5 Å². The van der Waals surface area contributed by atoms with Gasteiger partial charge in [-0.1, -0.05) is 24.6 Å². The van der Waals surface area contributed by atoms with Gasteiger partial charge in [0.1, 0.15) is 0 Å². The maximum atomic E-state index is 12.1. The van der Waals surface area contributed by atoms with E-state index in [1.54, 1.807) is 0 Å². The SMILES string of the molecule is CC1CNCCC1NC(=O)Cc1ccc([N+](=O)[O-])cc1Cl. The molecule has 6 nitrogen and oxygen atoms in total. The molecule has 0 spiro atoms. The number of nitrogens with zero attached hydrogens (tertiary/aromatic N) is 1. The molecule has 1 aromatic carbocycles. The summed E-state index contributed by atoms with van der Waals surface area (Å²) in [4.78, 5) is 22.2. The number of nitro benzene ring substituents is 1. The van der Waals surface area contributed by atoms with Crippen molar-refractivity contribution in [1.29, 1.82) is 0 Å². The summed E-state index contributed by atoms with van der Waals surface area (Å²) in [6, 6.07) is 4.33. The van der Waals surface area contributed by atoms with E-state index in [1.165, 1.54) is 18.2 Å². The van der Waals surface area contributed by atoms with Crippen LogP contribution in [0.4, 0.5) is 5.69 Å². The van der Waals surface area contributed by atoms with E-state index in [2.05, 4.69) is 17.6 Å². The van der Waals surface area contributed by atoms with Gasteiger partial charge in [-0.15, -0.1) is 0 Å². The quantitative estimate of drug-likeness (QED) is 0.657. The maximum Gasteiger partial charge on any atom is 0.270 e. The number of carbonyl (C=O) groups excluding carboxylic acids is 1. The van der Waals surface area contributed by atoms with Crippen molar-refractivity contribution in [2.45, 2.75) is 25.8 Å². The van der Waals surface area contributed by atoms with Crippen molar-refractivity contribution >= 4 is 23.2 Å². The van der Waals surface area contributed by atoms with E-state index in [1.807, 2.05) is 0 Å².